The maximum atomic E-state index is 9.02. The Morgan fingerprint density at radius 1 is 0.926 bits per heavy atom. The Kier molecular flexibility index (Phi) is 7.86. The summed E-state index contributed by atoms with van der Waals surface area (Å²) in [5, 5.41) is 11.6. The van der Waals surface area contributed by atoms with E-state index in [4.69, 9.17) is 9.53 Å². The average molecular weight is 381 g/mol. The zero-order valence-corrected chi connectivity index (χ0v) is 18.0. The highest BCUT2D eigenvalue weighted by Gasteiger charge is 2.51. The van der Waals surface area contributed by atoms with Gasteiger partial charge in [0.2, 0.25) is 0 Å². The van der Waals surface area contributed by atoms with Gasteiger partial charge >= 0.3 is 0 Å². The van der Waals surface area contributed by atoms with Gasteiger partial charge in [0.25, 0.3) is 8.32 Å². The van der Waals surface area contributed by atoms with E-state index in [1.165, 1.54) is 10.4 Å². The molecule has 0 spiro atoms. The van der Waals surface area contributed by atoms with Crippen molar-refractivity contribution in [2.75, 3.05) is 6.61 Å². The van der Waals surface area contributed by atoms with Gasteiger partial charge < -0.3 is 9.53 Å². The van der Waals surface area contributed by atoms with Crippen LogP contribution in [0.5, 0.6) is 0 Å². The van der Waals surface area contributed by atoms with Crippen LogP contribution in [0.25, 0.3) is 0 Å². The lowest BCUT2D eigenvalue weighted by molar-refractivity contribution is 0.181. The Morgan fingerprint density at radius 3 is 1.85 bits per heavy atom. The molecule has 0 heterocycles. The molecule has 27 heavy (non-hydrogen) atoms. The molecule has 2 aromatic carbocycles. The fourth-order valence-electron chi connectivity index (χ4n) is 3.71. The smallest absolute Gasteiger partial charge is 0.261 e. The number of benzene rings is 2. The maximum Gasteiger partial charge on any atom is 0.261 e. The first-order valence-electron chi connectivity index (χ1n) is 9.81. The minimum Gasteiger partial charge on any atom is -0.404 e. The van der Waals surface area contributed by atoms with Crippen molar-refractivity contribution in [3.05, 3.63) is 60.7 Å². The molecule has 0 saturated heterocycles. The molecule has 0 bridgehead atoms. The topological polar surface area (TPSA) is 29.5 Å². The Bertz CT molecular complexity index is 699. The molecule has 0 unspecified atom stereocenters. The van der Waals surface area contributed by atoms with Crippen molar-refractivity contribution in [2.24, 2.45) is 0 Å². The molecule has 1 N–H and O–H groups in total. The first-order valence-corrected chi connectivity index (χ1v) is 11.7. The van der Waals surface area contributed by atoms with E-state index in [-0.39, 0.29) is 17.7 Å². The van der Waals surface area contributed by atoms with Crippen molar-refractivity contribution in [3.8, 4) is 11.8 Å². The maximum absolute atomic E-state index is 9.02. The number of hydrogen-bond donors (Lipinski definition) is 1. The molecule has 3 heteroatoms. The van der Waals surface area contributed by atoms with Crippen LogP contribution in [0.15, 0.2) is 60.7 Å². The molecule has 0 aliphatic heterocycles. The number of aliphatic hydroxyl groups excluding tert-OH is 1. The summed E-state index contributed by atoms with van der Waals surface area (Å²) in [6, 6.07) is 21.4. The van der Waals surface area contributed by atoms with Gasteiger partial charge in [-0.3, -0.25) is 0 Å². The van der Waals surface area contributed by atoms with Crippen molar-refractivity contribution in [2.45, 2.75) is 58.1 Å². The van der Waals surface area contributed by atoms with Gasteiger partial charge in [-0.05, 0) is 21.8 Å². The lowest BCUT2D eigenvalue weighted by atomic mass is 10.1. The summed E-state index contributed by atoms with van der Waals surface area (Å²) in [5.74, 6) is 5.88. The van der Waals surface area contributed by atoms with E-state index in [9.17, 15) is 0 Å². The second-order valence-electron chi connectivity index (χ2n) is 7.91. The fourth-order valence-corrected chi connectivity index (χ4v) is 8.42. The van der Waals surface area contributed by atoms with Crippen molar-refractivity contribution < 1.29 is 9.53 Å². The highest BCUT2D eigenvalue weighted by molar-refractivity contribution is 6.99. The Balaban J connectivity index is 2.60. The Morgan fingerprint density at radius 2 is 1.44 bits per heavy atom. The van der Waals surface area contributed by atoms with E-state index in [0.717, 1.165) is 12.8 Å². The number of rotatable bonds is 7. The van der Waals surface area contributed by atoms with Crippen molar-refractivity contribution in [3.63, 3.8) is 0 Å². The minimum atomic E-state index is -2.54. The van der Waals surface area contributed by atoms with Gasteiger partial charge in [0, 0.05) is 6.42 Å². The Hall–Kier alpha value is -1.86. The van der Waals surface area contributed by atoms with Crippen LogP contribution in [-0.4, -0.2) is 26.1 Å². The average Bonchev–Trinajstić information content (AvgIpc) is 2.66. The van der Waals surface area contributed by atoms with Gasteiger partial charge in [-0.25, -0.2) is 0 Å². The van der Waals surface area contributed by atoms with Gasteiger partial charge in [0.1, 0.15) is 6.61 Å². The molecule has 2 rings (SSSR count). The largest absolute Gasteiger partial charge is 0.404 e. The van der Waals surface area contributed by atoms with Crippen molar-refractivity contribution in [1.82, 2.24) is 0 Å². The van der Waals surface area contributed by atoms with Crippen LogP contribution in [-0.2, 0) is 4.43 Å². The summed E-state index contributed by atoms with van der Waals surface area (Å²) in [6.07, 6.45) is 2.72. The minimum absolute atomic E-state index is 0.0356. The van der Waals surface area contributed by atoms with E-state index in [1.54, 1.807) is 0 Å². The molecular formula is C24H32O2Si. The van der Waals surface area contributed by atoms with Crippen molar-refractivity contribution in [1.29, 1.82) is 0 Å². The fraction of sp³-hybridized carbons (Fsp3) is 0.417. The van der Waals surface area contributed by atoms with E-state index in [0.29, 0.717) is 6.42 Å². The first kappa shape index (κ1) is 21.4. The lowest BCUT2D eigenvalue weighted by Crippen LogP contribution is -2.67. The third-order valence-electron chi connectivity index (χ3n) is 4.90. The second-order valence-corrected chi connectivity index (χ2v) is 12.2. The normalized spacial score (nSPS) is 12.9. The summed E-state index contributed by atoms with van der Waals surface area (Å²) in [7, 11) is -2.54. The van der Waals surface area contributed by atoms with Gasteiger partial charge in [-0.1, -0.05) is 107 Å². The molecule has 0 aliphatic rings. The predicted molar refractivity (Wildman–Crippen MR) is 117 cm³/mol. The monoisotopic (exact) mass is 380 g/mol. The van der Waals surface area contributed by atoms with Gasteiger partial charge in [-0.15, -0.1) is 0 Å². The molecular weight excluding hydrogens is 348 g/mol. The molecule has 0 amide bonds. The number of aliphatic hydroxyl groups is 1. The quantitative estimate of drug-likeness (QED) is 0.578. The molecule has 0 aliphatic carbocycles. The van der Waals surface area contributed by atoms with Crippen LogP contribution >= 0.6 is 0 Å². The first-order chi connectivity index (χ1) is 13.0. The second kappa shape index (κ2) is 9.89. The summed E-state index contributed by atoms with van der Waals surface area (Å²) in [4.78, 5) is 0. The zero-order chi connectivity index (χ0) is 19.8. The molecule has 0 saturated carbocycles. The zero-order valence-electron chi connectivity index (χ0n) is 17.0. The molecule has 2 aromatic rings. The molecule has 1 atom stereocenters. The van der Waals surface area contributed by atoms with Crippen LogP contribution in [0.4, 0.5) is 0 Å². The van der Waals surface area contributed by atoms with Gasteiger partial charge in [-0.2, -0.15) is 0 Å². The highest BCUT2D eigenvalue weighted by Crippen LogP contribution is 2.38. The summed E-state index contributed by atoms with van der Waals surface area (Å²) >= 11 is 0. The third-order valence-corrected chi connectivity index (χ3v) is 10.00. The van der Waals surface area contributed by atoms with E-state index in [2.05, 4.69) is 100 Å². The van der Waals surface area contributed by atoms with E-state index in [1.807, 2.05) is 0 Å². The molecule has 144 valence electrons. The van der Waals surface area contributed by atoms with Crippen LogP contribution in [0.2, 0.25) is 5.04 Å². The molecule has 0 fully saturated rings. The van der Waals surface area contributed by atoms with Crippen LogP contribution in [0.3, 0.4) is 0 Å². The van der Waals surface area contributed by atoms with Crippen molar-refractivity contribution >= 4 is 18.7 Å². The lowest BCUT2D eigenvalue weighted by Gasteiger charge is -2.45. The predicted octanol–water partition coefficient (Wildman–Crippen LogP) is 4.12. The molecule has 2 nitrogen and oxygen atoms in total. The molecule has 0 radical (unpaired) electrons. The SMILES string of the molecule is CCC[C@@H](CC#CCO)O[Si](c1ccccc1)(c1ccccc1)C(C)(C)C. The van der Waals surface area contributed by atoms with E-state index < -0.39 is 8.32 Å². The van der Waals surface area contributed by atoms with Crippen LogP contribution < -0.4 is 10.4 Å². The third kappa shape index (κ3) is 5.10. The summed E-state index contributed by atoms with van der Waals surface area (Å²) < 4.78 is 7.12. The standard InChI is InChI=1S/C24H32O2Si/c1-5-14-21(15-12-13-20-25)26-27(24(2,3)4,22-16-8-6-9-17-22)23-18-10-7-11-19-23/h6-11,16-19,21,25H,5,14-15,20H2,1-4H3/t21-/m0/s1. The molecule has 0 aromatic heterocycles. The van der Waals surface area contributed by atoms with Gasteiger partial charge in [0.15, 0.2) is 0 Å². The van der Waals surface area contributed by atoms with Crippen LogP contribution in [0, 0.1) is 11.8 Å². The number of hydrogen-bond acceptors (Lipinski definition) is 2. The summed E-state index contributed by atoms with van der Waals surface area (Å²) in [5.41, 5.74) is 0. The van der Waals surface area contributed by atoms with Gasteiger partial charge in [0.05, 0.1) is 6.10 Å². The highest BCUT2D eigenvalue weighted by atomic mass is 28.4. The van der Waals surface area contributed by atoms with E-state index >= 15 is 0 Å². The summed E-state index contributed by atoms with van der Waals surface area (Å²) in [6.45, 7) is 8.96. The van der Waals surface area contributed by atoms with Crippen LogP contribution in [0.1, 0.15) is 47.0 Å². The Labute approximate surface area is 165 Å².